The van der Waals surface area contributed by atoms with Crippen LogP contribution in [-0.2, 0) is 11.2 Å². The Hall–Kier alpha value is -2.04. The molecule has 0 radical (unpaired) electrons. The van der Waals surface area contributed by atoms with E-state index in [1.54, 1.807) is 0 Å². The largest absolute Gasteiger partial charge is 0.481 e. The molecule has 20 heavy (non-hydrogen) atoms. The van der Waals surface area contributed by atoms with Gasteiger partial charge in [-0.1, -0.05) is 30.7 Å². The molecule has 0 bridgehead atoms. The van der Waals surface area contributed by atoms with Gasteiger partial charge in [0.15, 0.2) is 0 Å². The summed E-state index contributed by atoms with van der Waals surface area (Å²) in [6, 6.07) is 6.00. The van der Waals surface area contributed by atoms with Crippen molar-refractivity contribution in [1.29, 1.82) is 0 Å². The lowest BCUT2D eigenvalue weighted by Crippen LogP contribution is -2.39. The number of rotatable bonds is 4. The van der Waals surface area contributed by atoms with Gasteiger partial charge >= 0.3 is 12.0 Å². The van der Waals surface area contributed by atoms with Crippen LogP contribution >= 0.6 is 0 Å². The van der Waals surface area contributed by atoms with Crippen LogP contribution in [0.3, 0.4) is 0 Å². The summed E-state index contributed by atoms with van der Waals surface area (Å²) in [5.41, 5.74) is 3.63. The highest BCUT2D eigenvalue weighted by Crippen LogP contribution is 2.36. The van der Waals surface area contributed by atoms with E-state index in [1.165, 1.54) is 16.7 Å². The highest BCUT2D eigenvalue weighted by Gasteiger charge is 2.30. The maximum atomic E-state index is 11.8. The molecule has 2 unspecified atom stereocenters. The van der Waals surface area contributed by atoms with Crippen molar-refractivity contribution in [3.05, 3.63) is 34.9 Å². The summed E-state index contributed by atoms with van der Waals surface area (Å²) in [5, 5.41) is 14.1. The number of benzene rings is 1. The first-order valence-electron chi connectivity index (χ1n) is 6.83. The maximum absolute atomic E-state index is 11.8. The molecular weight excluding hydrogens is 256 g/mol. The normalized spacial score (nSPS) is 20.3. The van der Waals surface area contributed by atoms with E-state index in [0.29, 0.717) is 5.92 Å². The Bertz CT molecular complexity index is 528. The molecule has 0 spiro atoms. The number of aryl methyl sites for hydroxylation is 1. The van der Waals surface area contributed by atoms with Gasteiger partial charge in [0, 0.05) is 6.54 Å². The van der Waals surface area contributed by atoms with Gasteiger partial charge in [0.05, 0.1) is 12.5 Å². The van der Waals surface area contributed by atoms with Crippen LogP contribution in [0.15, 0.2) is 18.2 Å². The molecule has 1 aliphatic rings. The van der Waals surface area contributed by atoms with E-state index in [-0.39, 0.29) is 25.0 Å². The van der Waals surface area contributed by atoms with Crippen LogP contribution in [0.1, 0.15) is 36.1 Å². The van der Waals surface area contributed by atoms with Crippen LogP contribution in [-0.4, -0.2) is 23.7 Å². The molecule has 0 saturated heterocycles. The van der Waals surface area contributed by atoms with E-state index >= 15 is 0 Å². The van der Waals surface area contributed by atoms with Crippen LogP contribution in [0.5, 0.6) is 0 Å². The van der Waals surface area contributed by atoms with Crippen molar-refractivity contribution in [1.82, 2.24) is 10.6 Å². The van der Waals surface area contributed by atoms with Gasteiger partial charge in [-0.15, -0.1) is 0 Å². The number of aliphatic carboxylic acids is 1. The van der Waals surface area contributed by atoms with E-state index < -0.39 is 5.97 Å². The fourth-order valence-electron chi connectivity index (χ4n) is 2.66. The van der Waals surface area contributed by atoms with Crippen LogP contribution in [0.2, 0.25) is 0 Å². The number of urea groups is 1. The Kier molecular flexibility index (Phi) is 4.27. The molecule has 2 rings (SSSR count). The van der Waals surface area contributed by atoms with E-state index in [9.17, 15) is 9.59 Å². The third-order valence-electron chi connectivity index (χ3n) is 3.66. The second-order valence-electron chi connectivity index (χ2n) is 5.41. The van der Waals surface area contributed by atoms with E-state index in [1.807, 2.05) is 6.92 Å². The van der Waals surface area contributed by atoms with Gasteiger partial charge in [0.2, 0.25) is 0 Å². The van der Waals surface area contributed by atoms with Crippen LogP contribution in [0.4, 0.5) is 4.79 Å². The molecule has 2 atom stereocenters. The number of carbonyl (C=O) groups excluding carboxylic acids is 1. The number of carbonyl (C=O) groups is 2. The van der Waals surface area contributed by atoms with Gasteiger partial charge in [-0.3, -0.25) is 4.79 Å². The summed E-state index contributed by atoms with van der Waals surface area (Å²) in [6.07, 6.45) is 0.888. The molecule has 1 aromatic rings. The third-order valence-corrected chi connectivity index (χ3v) is 3.66. The molecule has 3 N–H and O–H groups in total. The topological polar surface area (TPSA) is 78.4 Å². The average Bonchev–Trinajstić information content (AvgIpc) is 2.65. The van der Waals surface area contributed by atoms with E-state index in [4.69, 9.17) is 5.11 Å². The number of fused-ring (bicyclic) bond motifs is 1. The second kappa shape index (κ2) is 5.94. The average molecular weight is 276 g/mol. The van der Waals surface area contributed by atoms with Gasteiger partial charge < -0.3 is 15.7 Å². The van der Waals surface area contributed by atoms with Crippen molar-refractivity contribution in [2.75, 3.05) is 6.54 Å². The predicted molar refractivity (Wildman–Crippen MR) is 75.6 cm³/mol. The number of amides is 2. The van der Waals surface area contributed by atoms with Crippen molar-refractivity contribution in [3.63, 3.8) is 0 Å². The number of hydrogen-bond acceptors (Lipinski definition) is 2. The van der Waals surface area contributed by atoms with Crippen molar-refractivity contribution in [2.24, 2.45) is 5.92 Å². The van der Waals surface area contributed by atoms with Crippen LogP contribution in [0.25, 0.3) is 0 Å². The van der Waals surface area contributed by atoms with E-state index in [0.717, 1.165) is 6.42 Å². The lowest BCUT2D eigenvalue weighted by molar-refractivity contribution is -0.136. The highest BCUT2D eigenvalue weighted by atomic mass is 16.4. The summed E-state index contributed by atoms with van der Waals surface area (Å²) in [7, 11) is 0. The minimum Gasteiger partial charge on any atom is -0.481 e. The lowest BCUT2D eigenvalue weighted by atomic mass is 10.0. The standard InChI is InChI=1S/C15H20N2O3/c1-9-3-4-11-8-10(2)14(12(11)7-9)17-15(20)16-6-5-13(18)19/h3-4,7,10,14H,5-6,8H2,1-2H3,(H,18,19)(H2,16,17,20). The summed E-state index contributed by atoms with van der Waals surface area (Å²) in [6.45, 7) is 4.29. The van der Waals surface area contributed by atoms with E-state index in [2.05, 4.69) is 35.8 Å². The molecule has 0 saturated carbocycles. The first-order chi connectivity index (χ1) is 9.47. The molecule has 5 nitrogen and oxygen atoms in total. The zero-order chi connectivity index (χ0) is 14.7. The molecule has 1 aliphatic carbocycles. The fourth-order valence-corrected chi connectivity index (χ4v) is 2.66. The number of carboxylic acid groups (broad SMARTS) is 1. The van der Waals surface area contributed by atoms with Crippen LogP contribution < -0.4 is 10.6 Å². The summed E-state index contributed by atoms with van der Waals surface area (Å²) >= 11 is 0. The van der Waals surface area contributed by atoms with Crippen molar-refractivity contribution in [2.45, 2.75) is 32.7 Å². The monoisotopic (exact) mass is 276 g/mol. The first-order valence-corrected chi connectivity index (χ1v) is 6.83. The van der Waals surface area contributed by atoms with Gasteiger partial charge in [-0.25, -0.2) is 4.79 Å². The minimum absolute atomic E-state index is 0.00488. The predicted octanol–water partition coefficient (Wildman–Crippen LogP) is 2.00. The first kappa shape index (κ1) is 14.4. The molecule has 1 aromatic carbocycles. The Morgan fingerprint density at radius 2 is 2.15 bits per heavy atom. The number of carboxylic acids is 1. The molecular formula is C15H20N2O3. The Balaban J connectivity index is 1.98. The molecule has 0 heterocycles. The van der Waals surface area contributed by atoms with Crippen molar-refractivity contribution in [3.8, 4) is 0 Å². The molecule has 0 fully saturated rings. The zero-order valence-electron chi connectivity index (χ0n) is 11.8. The van der Waals surface area contributed by atoms with Gasteiger partial charge in [0.25, 0.3) is 0 Å². The van der Waals surface area contributed by atoms with Gasteiger partial charge in [0.1, 0.15) is 0 Å². The summed E-state index contributed by atoms with van der Waals surface area (Å²) in [4.78, 5) is 22.2. The smallest absolute Gasteiger partial charge is 0.315 e. The molecule has 0 aromatic heterocycles. The Morgan fingerprint density at radius 1 is 1.40 bits per heavy atom. The van der Waals surface area contributed by atoms with Crippen molar-refractivity contribution >= 4 is 12.0 Å². The van der Waals surface area contributed by atoms with Crippen molar-refractivity contribution < 1.29 is 14.7 Å². The lowest BCUT2D eigenvalue weighted by Gasteiger charge is -2.19. The highest BCUT2D eigenvalue weighted by molar-refractivity contribution is 5.75. The molecule has 108 valence electrons. The Labute approximate surface area is 118 Å². The third kappa shape index (κ3) is 3.29. The molecule has 5 heteroatoms. The number of hydrogen-bond donors (Lipinski definition) is 3. The van der Waals surface area contributed by atoms with Crippen LogP contribution in [0, 0.1) is 12.8 Å². The molecule has 0 aliphatic heterocycles. The summed E-state index contributed by atoms with van der Waals surface area (Å²) < 4.78 is 0. The SMILES string of the molecule is Cc1ccc2c(c1)C(NC(=O)NCCC(=O)O)C(C)C2. The maximum Gasteiger partial charge on any atom is 0.315 e. The zero-order valence-corrected chi connectivity index (χ0v) is 11.8. The summed E-state index contributed by atoms with van der Waals surface area (Å²) in [5.74, 6) is -0.572. The Morgan fingerprint density at radius 3 is 2.85 bits per heavy atom. The quantitative estimate of drug-likeness (QED) is 0.787. The minimum atomic E-state index is -0.916. The number of nitrogens with one attached hydrogen (secondary N) is 2. The van der Waals surface area contributed by atoms with Gasteiger partial charge in [-0.05, 0) is 30.4 Å². The van der Waals surface area contributed by atoms with Gasteiger partial charge in [-0.2, -0.15) is 0 Å². The molecule has 2 amide bonds. The second-order valence-corrected chi connectivity index (χ2v) is 5.41. The fraction of sp³-hybridized carbons (Fsp3) is 0.467.